The van der Waals surface area contributed by atoms with Crippen LogP contribution in [0.5, 0.6) is 0 Å². The first-order chi connectivity index (χ1) is 14.2. The Balaban J connectivity index is 0.00000218. The van der Waals surface area contributed by atoms with Crippen molar-refractivity contribution >= 4 is 42.7 Å². The second kappa shape index (κ2) is 14.1. The van der Waals surface area contributed by atoms with Crippen LogP contribution in [-0.2, 0) is 14.6 Å². The molecule has 4 heteroatoms. The van der Waals surface area contributed by atoms with Crippen LogP contribution in [0, 0.1) is 6.08 Å². The minimum absolute atomic E-state index is 0.181. The molecule has 0 atom stereocenters. The first-order valence-electron chi connectivity index (χ1n) is 10.8. The van der Waals surface area contributed by atoms with E-state index in [2.05, 4.69) is 141 Å². The van der Waals surface area contributed by atoms with E-state index in [9.17, 15) is 0 Å². The number of rotatable bonds is 8. The second-order valence-electron chi connectivity index (χ2n) is 8.75. The summed E-state index contributed by atoms with van der Waals surface area (Å²) in [7, 11) is 3.46. The second-order valence-corrected chi connectivity index (χ2v) is 15.9. The summed E-state index contributed by atoms with van der Waals surface area (Å²) in [5, 5.41) is 3.05. The van der Waals surface area contributed by atoms with Crippen molar-refractivity contribution in [3.63, 3.8) is 0 Å². The van der Waals surface area contributed by atoms with Gasteiger partial charge in [-0.2, -0.15) is 0 Å². The Bertz CT molecular complexity index is 703. The van der Waals surface area contributed by atoms with E-state index in [0.29, 0.717) is 11.3 Å². The third-order valence-electron chi connectivity index (χ3n) is 5.19. The van der Waals surface area contributed by atoms with Gasteiger partial charge in [0.15, 0.2) is 0 Å². The molecule has 0 aliphatic rings. The summed E-state index contributed by atoms with van der Waals surface area (Å²) in [6.07, 6.45) is 5.95. The van der Waals surface area contributed by atoms with Crippen LogP contribution < -0.4 is 10.6 Å². The quantitative estimate of drug-likeness (QED) is 0.148. The molecule has 0 aromatic heterocycles. The molecule has 0 amide bonds. The average Bonchev–Trinajstić information content (AvgIpc) is 2.69. The van der Waals surface area contributed by atoms with E-state index in [1.54, 1.807) is 0 Å². The van der Waals surface area contributed by atoms with Gasteiger partial charge in [0.1, 0.15) is 0 Å². The van der Waals surface area contributed by atoms with Crippen LogP contribution in [0.3, 0.4) is 0 Å². The summed E-state index contributed by atoms with van der Waals surface area (Å²) < 4.78 is 0. The van der Waals surface area contributed by atoms with E-state index in [1.807, 2.05) is 0 Å². The van der Waals surface area contributed by atoms with E-state index >= 15 is 0 Å². The molecule has 2 aromatic carbocycles. The molecule has 0 aliphatic carbocycles. The zero-order chi connectivity index (χ0) is 22.8. The number of halogens is 1. The van der Waals surface area contributed by atoms with Crippen LogP contribution in [0.1, 0.15) is 66.5 Å². The maximum atomic E-state index is 4.26. The van der Waals surface area contributed by atoms with E-state index in [1.165, 1.54) is 21.7 Å². The van der Waals surface area contributed by atoms with Crippen molar-refractivity contribution in [1.82, 2.24) is 0 Å². The molecule has 0 nitrogen and oxygen atoms in total. The van der Waals surface area contributed by atoms with E-state index in [-0.39, 0.29) is 7.92 Å². The van der Waals surface area contributed by atoms with Crippen LogP contribution in [0.25, 0.3) is 6.08 Å². The molecule has 0 spiro atoms. The maximum absolute atomic E-state index is 4.26. The molecule has 0 heterocycles. The van der Waals surface area contributed by atoms with Crippen molar-refractivity contribution in [3.05, 3.63) is 65.7 Å². The van der Waals surface area contributed by atoms with Crippen LogP contribution >= 0.6 is 26.0 Å². The normalized spacial score (nSPS) is 12.0. The fraction of sp³-hybridized carbons (Fsp3) is 0.462. The van der Waals surface area contributed by atoms with Gasteiger partial charge in [0.2, 0.25) is 0 Å². The van der Waals surface area contributed by atoms with Gasteiger partial charge in [-0.25, -0.2) is 0 Å². The fourth-order valence-corrected chi connectivity index (χ4v) is 10.6. The van der Waals surface area contributed by atoms with Gasteiger partial charge in [-0.3, -0.25) is 0 Å². The van der Waals surface area contributed by atoms with E-state index in [4.69, 9.17) is 0 Å². The van der Waals surface area contributed by atoms with Crippen LogP contribution in [0.2, 0.25) is 0 Å². The SMILES string of the molecule is CC(C)P(c1ccccc1C=[C-]c1ccccc1[PH+](C(C)C)C(C)C)C(C)C.[Cl][Ni]. The molecule has 2 aromatic rings. The molecular formula is C26H38ClNiP2. The zero-order valence-corrected chi connectivity index (χ0v) is 23.3. The van der Waals surface area contributed by atoms with Crippen molar-refractivity contribution in [2.45, 2.75) is 78.0 Å². The van der Waals surface area contributed by atoms with Gasteiger partial charge in [-0.15, -0.1) is 29.8 Å². The molecular weight excluding hydrogens is 468 g/mol. The van der Waals surface area contributed by atoms with Crippen LogP contribution in [-0.4, -0.2) is 22.6 Å². The van der Waals surface area contributed by atoms with Gasteiger partial charge in [-0.1, -0.05) is 82.9 Å². The Labute approximate surface area is 200 Å². The summed E-state index contributed by atoms with van der Waals surface area (Å²) in [5.41, 5.74) is 5.44. The summed E-state index contributed by atoms with van der Waals surface area (Å²) in [4.78, 5) is 0. The van der Waals surface area contributed by atoms with Gasteiger partial charge in [-0.05, 0) is 39.0 Å². The molecule has 30 heavy (non-hydrogen) atoms. The van der Waals surface area contributed by atoms with Gasteiger partial charge in [0.25, 0.3) is 0 Å². The topological polar surface area (TPSA) is 0 Å². The molecule has 0 saturated carbocycles. The predicted octanol–water partition coefficient (Wildman–Crippen LogP) is 7.82. The monoisotopic (exact) mass is 505 g/mol. The Morgan fingerprint density at radius 1 is 0.800 bits per heavy atom. The number of hydrogen-bond donors (Lipinski definition) is 0. The molecule has 0 fully saturated rings. The molecule has 0 aliphatic heterocycles. The van der Waals surface area contributed by atoms with Gasteiger partial charge in [0, 0.05) is 13.2 Å². The summed E-state index contributed by atoms with van der Waals surface area (Å²) in [6.45, 7) is 19.0. The Hall–Kier alpha value is -0.176. The molecule has 2 rings (SSSR count). The van der Waals surface area contributed by atoms with Crippen molar-refractivity contribution in [2.75, 3.05) is 0 Å². The number of benzene rings is 2. The average molecular weight is 507 g/mol. The minimum atomic E-state index is -0.620. The van der Waals surface area contributed by atoms with Crippen molar-refractivity contribution in [2.24, 2.45) is 0 Å². The Morgan fingerprint density at radius 3 is 1.83 bits per heavy atom. The predicted molar refractivity (Wildman–Crippen MR) is 141 cm³/mol. The molecule has 0 N–H and O–H groups in total. The van der Waals surface area contributed by atoms with Crippen molar-refractivity contribution in [3.8, 4) is 0 Å². The third-order valence-corrected chi connectivity index (χ3v) is 11.9. The molecule has 0 unspecified atom stereocenters. The van der Waals surface area contributed by atoms with Crippen LogP contribution in [0.4, 0.5) is 0 Å². The molecule has 0 saturated heterocycles. The van der Waals surface area contributed by atoms with Gasteiger partial charge < -0.3 is 0 Å². The van der Waals surface area contributed by atoms with Gasteiger partial charge in [0.05, 0.1) is 11.3 Å². The van der Waals surface area contributed by atoms with Crippen molar-refractivity contribution in [1.29, 1.82) is 0 Å². The molecule has 169 valence electrons. The van der Waals surface area contributed by atoms with E-state index in [0.717, 1.165) is 11.3 Å². The molecule has 0 radical (unpaired) electrons. The first-order valence-corrected chi connectivity index (χ1v) is 15.3. The Kier molecular flexibility index (Phi) is 13.1. The summed E-state index contributed by atoms with van der Waals surface area (Å²) in [6, 6.07) is 17.9. The standard InChI is InChI=1S/C26H37P2.ClH.Ni/c1-19(2)27(20(3)4)25-15-11-9-13-23(25)17-18-24-14-10-12-16-26(24)28(21(5)6)22(7)8;;/h9-17,19-22H,1-8H3;1H;/q-1;;+1. The third kappa shape index (κ3) is 7.75. The van der Waals surface area contributed by atoms with E-state index < -0.39 is 7.92 Å². The summed E-state index contributed by atoms with van der Waals surface area (Å²) in [5.74, 6) is 0. The van der Waals surface area contributed by atoms with Crippen molar-refractivity contribution < 1.29 is 14.6 Å². The Morgan fingerprint density at radius 2 is 1.30 bits per heavy atom. The fourth-order valence-electron chi connectivity index (χ4n) is 4.30. The molecule has 0 bridgehead atoms. The van der Waals surface area contributed by atoms with Crippen LogP contribution in [0.15, 0.2) is 48.5 Å². The first kappa shape index (κ1) is 27.9. The number of hydrogen-bond acceptors (Lipinski definition) is 0. The zero-order valence-electron chi connectivity index (χ0n) is 19.6. The summed E-state index contributed by atoms with van der Waals surface area (Å²) >= 11 is 3.35. The van der Waals surface area contributed by atoms with Gasteiger partial charge >= 0.3 is 24.8 Å².